The molecule has 3 atom stereocenters. The van der Waals surface area contributed by atoms with Crippen molar-refractivity contribution in [3.63, 3.8) is 0 Å². The first-order valence-electron chi connectivity index (χ1n) is 12.8. The van der Waals surface area contributed by atoms with Crippen molar-refractivity contribution in [2.75, 3.05) is 16.8 Å². The third-order valence-electron chi connectivity index (χ3n) is 7.04. The minimum Gasteiger partial charge on any atom is -0.483 e. The Labute approximate surface area is 275 Å². The molecule has 226 valence electrons. The summed E-state index contributed by atoms with van der Waals surface area (Å²) in [5.74, 6) is -2.60. The number of nitrogens with zero attached hydrogens (tertiary/aromatic N) is 1. The van der Waals surface area contributed by atoms with Crippen LogP contribution in [0.1, 0.15) is 16.4 Å². The predicted octanol–water partition coefficient (Wildman–Crippen LogP) is 4.42. The Kier molecular flexibility index (Phi) is 8.32. The normalized spacial score (nSPS) is 19.4. The second kappa shape index (κ2) is 11.9. The molecule has 2 unspecified atom stereocenters. The van der Waals surface area contributed by atoms with Crippen LogP contribution in [0, 0.1) is 5.92 Å². The second-order valence-electron chi connectivity index (χ2n) is 9.83. The van der Waals surface area contributed by atoms with Crippen LogP contribution in [-0.4, -0.2) is 43.0 Å². The number of imide groups is 1. The van der Waals surface area contributed by atoms with Crippen molar-refractivity contribution in [3.05, 3.63) is 95.8 Å². The van der Waals surface area contributed by atoms with Crippen molar-refractivity contribution < 1.29 is 27.5 Å². The van der Waals surface area contributed by atoms with E-state index in [-0.39, 0.29) is 21.4 Å². The van der Waals surface area contributed by atoms with Crippen LogP contribution < -0.4 is 25.0 Å². The van der Waals surface area contributed by atoms with Crippen LogP contribution in [-0.2, 0) is 24.4 Å². The average molecular weight is 780 g/mol. The average Bonchev–Trinajstić information content (AvgIpc) is 3.46. The van der Waals surface area contributed by atoms with Crippen LogP contribution in [0.15, 0.2) is 90.4 Å². The molecule has 4 N–H and O–H groups in total. The van der Waals surface area contributed by atoms with E-state index in [0.717, 1.165) is 27.6 Å². The summed E-state index contributed by atoms with van der Waals surface area (Å²) in [5.41, 5.74) is 1.29. The summed E-state index contributed by atoms with van der Waals surface area (Å²) >= 11 is 8.99. The lowest BCUT2D eigenvalue weighted by Gasteiger charge is -2.31. The molecule has 16 heteroatoms. The topological polar surface area (TPSA) is 169 Å². The number of fused-ring (bicyclic) bond motifs is 2. The highest BCUT2D eigenvalue weighted by Gasteiger charge is 2.56. The van der Waals surface area contributed by atoms with Gasteiger partial charge in [-0.2, -0.15) is 0 Å². The summed E-state index contributed by atoms with van der Waals surface area (Å²) in [4.78, 5) is 57.2. The highest BCUT2D eigenvalue weighted by Crippen LogP contribution is 2.54. The number of sulfonamides is 1. The number of carbonyl (C=O) groups excluding carboxylic acids is 3. The van der Waals surface area contributed by atoms with E-state index in [1.54, 1.807) is 42.5 Å². The summed E-state index contributed by atoms with van der Waals surface area (Å²) in [6.45, 7) is -0.421. The van der Waals surface area contributed by atoms with Gasteiger partial charge in [0.05, 0.1) is 21.5 Å². The summed E-state index contributed by atoms with van der Waals surface area (Å²) < 4.78 is 30.4. The highest BCUT2D eigenvalue weighted by molar-refractivity contribution is 9.10. The molecule has 2 aliphatic heterocycles. The number of H-pyrrole nitrogens is 1. The smallest absolute Gasteiger partial charge is 0.305 e. The number of anilines is 2. The molecular weight excluding hydrogens is 760 g/mol. The van der Waals surface area contributed by atoms with Crippen molar-refractivity contribution in [1.82, 2.24) is 4.98 Å². The number of nitrogens with one attached hydrogen (secondary N) is 2. The number of benzene rings is 3. The quantitative estimate of drug-likeness (QED) is 0.232. The van der Waals surface area contributed by atoms with Crippen LogP contribution in [0.5, 0.6) is 5.75 Å². The lowest BCUT2D eigenvalue weighted by atomic mass is 9.82. The number of carbonyl (C=O) groups is 3. The zero-order chi connectivity index (χ0) is 31.3. The molecule has 44 heavy (non-hydrogen) atoms. The number of halogens is 2. The summed E-state index contributed by atoms with van der Waals surface area (Å²) in [5, 5.41) is 7.47. The van der Waals surface area contributed by atoms with Gasteiger partial charge in [-0.1, -0.05) is 55.0 Å². The van der Waals surface area contributed by atoms with Gasteiger partial charge in [0.2, 0.25) is 21.8 Å². The molecular formula is C28H20Br2N4O7S3. The molecule has 0 bridgehead atoms. The van der Waals surface area contributed by atoms with Gasteiger partial charge >= 0.3 is 4.87 Å². The van der Waals surface area contributed by atoms with E-state index in [4.69, 9.17) is 9.88 Å². The van der Waals surface area contributed by atoms with E-state index < -0.39 is 45.5 Å². The van der Waals surface area contributed by atoms with Crippen LogP contribution in [0.4, 0.5) is 11.4 Å². The molecule has 3 heterocycles. The van der Waals surface area contributed by atoms with Gasteiger partial charge in [0, 0.05) is 31.0 Å². The van der Waals surface area contributed by atoms with Gasteiger partial charge < -0.3 is 15.0 Å². The van der Waals surface area contributed by atoms with Gasteiger partial charge in [0.25, 0.3) is 5.91 Å². The SMILES string of the molecule is NS(=O)(=O)c1ccc(NC(=O)COc2ccc(Br)cc2[C@H]2c3sc(=O)[nH]c3SC3C(=O)N(c4ccc(Br)cc4)C(=O)C32)cc1. The van der Waals surface area contributed by atoms with E-state index in [2.05, 4.69) is 42.2 Å². The van der Waals surface area contributed by atoms with Crippen molar-refractivity contribution in [3.8, 4) is 5.75 Å². The molecule has 0 radical (unpaired) electrons. The first kappa shape index (κ1) is 30.7. The third kappa shape index (κ3) is 5.89. The first-order valence-corrected chi connectivity index (χ1v) is 17.6. The lowest BCUT2D eigenvalue weighted by Crippen LogP contribution is -2.32. The van der Waals surface area contributed by atoms with Crippen molar-refractivity contribution in [1.29, 1.82) is 0 Å². The molecule has 3 aromatic carbocycles. The number of aromatic amines is 1. The molecule has 3 amide bonds. The van der Waals surface area contributed by atoms with Crippen molar-refractivity contribution in [2.24, 2.45) is 11.1 Å². The van der Waals surface area contributed by atoms with Gasteiger partial charge in [-0.15, -0.1) is 0 Å². The van der Waals surface area contributed by atoms with E-state index in [1.807, 2.05) is 0 Å². The van der Waals surface area contributed by atoms with E-state index in [1.165, 1.54) is 29.2 Å². The Morgan fingerprint density at radius 1 is 0.977 bits per heavy atom. The Hall–Kier alpha value is -3.28. The van der Waals surface area contributed by atoms with Crippen molar-refractivity contribution in [2.45, 2.75) is 21.1 Å². The molecule has 1 saturated heterocycles. The number of primary sulfonamides is 1. The fourth-order valence-corrected chi connectivity index (χ4v) is 8.82. The molecule has 4 aromatic rings. The zero-order valence-corrected chi connectivity index (χ0v) is 27.8. The number of aromatic nitrogens is 1. The van der Waals surface area contributed by atoms with Gasteiger partial charge in [-0.25, -0.2) is 18.5 Å². The molecule has 0 aliphatic carbocycles. The molecule has 2 aliphatic rings. The first-order chi connectivity index (χ1) is 20.9. The number of thioether (sulfide) groups is 1. The van der Waals surface area contributed by atoms with E-state index >= 15 is 0 Å². The Balaban J connectivity index is 1.32. The minimum absolute atomic E-state index is 0.0970. The number of ether oxygens (including phenoxy) is 1. The Bertz CT molecular complexity index is 1980. The molecule has 0 saturated carbocycles. The Morgan fingerprint density at radius 3 is 2.34 bits per heavy atom. The summed E-state index contributed by atoms with van der Waals surface area (Å²) in [6.07, 6.45) is 0. The maximum absolute atomic E-state index is 14.0. The Morgan fingerprint density at radius 2 is 1.66 bits per heavy atom. The fourth-order valence-electron chi connectivity index (χ4n) is 5.16. The molecule has 6 rings (SSSR count). The standard InChI is InChI=1S/C28H20Br2N4O7S3/c29-13-1-6-16(7-2-13)34-26(36)22-21(23-25(33-28(38)43-23)42-24(22)27(34)37)18-11-14(30)3-10-19(18)41-12-20(35)32-15-4-8-17(9-5-15)44(31,39)40/h1-11,21-22,24H,12H2,(H,32,35)(H,33,38)(H2,31,39,40)/t21-,22?,24?/m1/s1. The monoisotopic (exact) mass is 778 g/mol. The van der Waals surface area contributed by atoms with Crippen LogP contribution in [0.2, 0.25) is 0 Å². The fraction of sp³-hybridized carbons (Fsp3) is 0.143. The van der Waals surface area contributed by atoms with Crippen LogP contribution in [0.25, 0.3) is 0 Å². The van der Waals surface area contributed by atoms with Gasteiger partial charge in [0.1, 0.15) is 11.0 Å². The number of amides is 3. The van der Waals surface area contributed by atoms with Crippen LogP contribution in [0.3, 0.4) is 0 Å². The number of thiazole rings is 1. The summed E-state index contributed by atoms with van der Waals surface area (Å²) in [6, 6.07) is 17.3. The largest absolute Gasteiger partial charge is 0.483 e. The van der Waals surface area contributed by atoms with Gasteiger partial charge in [0.15, 0.2) is 6.61 Å². The van der Waals surface area contributed by atoms with E-state index in [0.29, 0.717) is 31.3 Å². The van der Waals surface area contributed by atoms with E-state index in [9.17, 15) is 27.6 Å². The molecule has 1 aromatic heterocycles. The number of nitrogens with two attached hydrogens (primary N) is 1. The lowest BCUT2D eigenvalue weighted by molar-refractivity contribution is -0.122. The van der Waals surface area contributed by atoms with Crippen molar-refractivity contribution >= 4 is 94.1 Å². The number of hydrogen-bond donors (Lipinski definition) is 3. The highest BCUT2D eigenvalue weighted by atomic mass is 79.9. The summed E-state index contributed by atoms with van der Waals surface area (Å²) in [7, 11) is -3.88. The molecule has 1 fully saturated rings. The van der Waals surface area contributed by atoms with Crippen LogP contribution >= 0.6 is 55.0 Å². The zero-order valence-electron chi connectivity index (χ0n) is 22.2. The number of hydrogen-bond acceptors (Lipinski definition) is 9. The van der Waals surface area contributed by atoms with Gasteiger partial charge in [-0.3, -0.25) is 19.2 Å². The number of rotatable bonds is 7. The maximum atomic E-state index is 14.0. The maximum Gasteiger partial charge on any atom is 0.305 e. The van der Waals surface area contributed by atoms with Gasteiger partial charge in [-0.05, 0) is 66.7 Å². The second-order valence-corrected chi connectivity index (χ2v) is 15.4. The third-order valence-corrected chi connectivity index (χ3v) is 11.4. The molecule has 11 nitrogen and oxygen atoms in total. The minimum atomic E-state index is -3.88. The molecule has 0 spiro atoms. The predicted molar refractivity (Wildman–Crippen MR) is 173 cm³/mol.